The summed E-state index contributed by atoms with van der Waals surface area (Å²) in [5.74, 6) is 0.898. The van der Waals surface area contributed by atoms with Crippen LogP contribution in [0.15, 0.2) is 0 Å². The molecule has 1 heteroatoms. The Morgan fingerprint density at radius 2 is 1.71 bits per heavy atom. The summed E-state index contributed by atoms with van der Waals surface area (Å²) < 4.78 is 0. The molecule has 0 aromatic rings. The maximum Gasteiger partial charge on any atom is 0 e. The van der Waals surface area contributed by atoms with E-state index in [1.54, 1.807) is 0 Å². The molecule has 7 heavy (non-hydrogen) atoms. The zero-order chi connectivity index (χ0) is 4.99. The van der Waals surface area contributed by atoms with Crippen molar-refractivity contribution in [2.24, 2.45) is 5.92 Å². The van der Waals surface area contributed by atoms with Gasteiger partial charge in [-0.25, -0.2) is 0 Å². The van der Waals surface area contributed by atoms with E-state index in [-0.39, 0.29) is 19.5 Å². The average molecular weight is 152 g/mol. The Bertz CT molecular complexity index is 25.4. The van der Waals surface area contributed by atoms with Gasteiger partial charge in [-0.2, -0.15) is 0 Å². The normalized spacial score (nSPS) is 8.57. The quantitative estimate of drug-likeness (QED) is 0.532. The molecule has 0 aromatic heterocycles. The van der Waals surface area contributed by atoms with E-state index in [1.807, 2.05) is 0 Å². The second-order valence-corrected chi connectivity index (χ2v) is 2.18. The fourth-order valence-electron chi connectivity index (χ4n) is 0.577. The number of hydrogen-bond acceptors (Lipinski definition) is 0. The third-order valence-corrected chi connectivity index (χ3v) is 0.866. The van der Waals surface area contributed by atoms with Crippen molar-refractivity contribution in [3.05, 3.63) is 0 Å². The van der Waals surface area contributed by atoms with Gasteiger partial charge in [0.1, 0.15) is 0 Å². The van der Waals surface area contributed by atoms with E-state index in [2.05, 4.69) is 20.8 Å². The van der Waals surface area contributed by atoms with Gasteiger partial charge in [-0.05, 0) is 5.92 Å². The molecule has 0 saturated carbocycles. The van der Waals surface area contributed by atoms with E-state index in [4.69, 9.17) is 0 Å². The van der Waals surface area contributed by atoms with E-state index in [1.165, 1.54) is 12.8 Å². The SMILES string of the molecule is CCCC(C)C.[Zn]. The summed E-state index contributed by atoms with van der Waals surface area (Å²) in [5, 5.41) is 0. The largest absolute Gasteiger partial charge is 0.0654 e. The van der Waals surface area contributed by atoms with Gasteiger partial charge in [-0.3, -0.25) is 0 Å². The Kier molecular flexibility index (Phi) is 10.0. The molecule has 40 valence electrons. The number of hydrogen-bond donors (Lipinski definition) is 0. The smallest absolute Gasteiger partial charge is 0 e. The molecule has 0 fully saturated rings. The molecule has 0 unspecified atom stereocenters. The third-order valence-electron chi connectivity index (χ3n) is 0.866. The zero-order valence-corrected chi connectivity index (χ0v) is 8.67. The third kappa shape index (κ3) is 10.8. The van der Waals surface area contributed by atoms with Crippen LogP contribution in [0, 0.1) is 5.92 Å². The van der Waals surface area contributed by atoms with Gasteiger partial charge in [0.15, 0.2) is 0 Å². The fraction of sp³-hybridized carbons (Fsp3) is 1.00. The van der Waals surface area contributed by atoms with Crippen molar-refractivity contribution in [3.8, 4) is 0 Å². The monoisotopic (exact) mass is 150 g/mol. The first-order valence-electron chi connectivity index (χ1n) is 2.77. The van der Waals surface area contributed by atoms with Crippen LogP contribution in [-0.4, -0.2) is 0 Å². The minimum atomic E-state index is 0. The molecule has 0 aliphatic rings. The first-order valence-corrected chi connectivity index (χ1v) is 2.77. The van der Waals surface area contributed by atoms with Gasteiger partial charge in [0.2, 0.25) is 0 Å². The van der Waals surface area contributed by atoms with Crippen LogP contribution in [0.3, 0.4) is 0 Å². The van der Waals surface area contributed by atoms with Gasteiger partial charge in [0, 0.05) is 19.5 Å². The molecule has 0 N–H and O–H groups in total. The van der Waals surface area contributed by atoms with Crippen LogP contribution in [0.5, 0.6) is 0 Å². The molecule has 0 radical (unpaired) electrons. The van der Waals surface area contributed by atoms with Gasteiger partial charge in [-0.15, -0.1) is 0 Å². The summed E-state index contributed by atoms with van der Waals surface area (Å²) in [6.07, 6.45) is 2.71. The molecule has 0 atom stereocenters. The van der Waals surface area contributed by atoms with Crippen LogP contribution in [0.1, 0.15) is 33.6 Å². The van der Waals surface area contributed by atoms with Crippen LogP contribution in [0.2, 0.25) is 0 Å². The predicted octanol–water partition coefficient (Wildman–Crippen LogP) is 2.44. The molecule has 0 amide bonds. The van der Waals surface area contributed by atoms with Crippen molar-refractivity contribution in [2.45, 2.75) is 33.6 Å². The van der Waals surface area contributed by atoms with Gasteiger partial charge in [0.05, 0.1) is 0 Å². The first-order chi connectivity index (χ1) is 2.77. The molecule has 0 heterocycles. The second kappa shape index (κ2) is 6.62. The maximum absolute atomic E-state index is 2.25. The zero-order valence-electron chi connectivity index (χ0n) is 5.70. The van der Waals surface area contributed by atoms with Crippen LogP contribution in [0.4, 0.5) is 0 Å². The van der Waals surface area contributed by atoms with Crippen LogP contribution in [-0.2, 0) is 19.5 Å². The maximum atomic E-state index is 2.25. The number of rotatable bonds is 2. The molecule has 0 rings (SSSR count). The van der Waals surface area contributed by atoms with E-state index in [0.717, 1.165) is 5.92 Å². The summed E-state index contributed by atoms with van der Waals surface area (Å²) in [4.78, 5) is 0. The summed E-state index contributed by atoms with van der Waals surface area (Å²) in [5.41, 5.74) is 0. The molecule has 0 aromatic carbocycles. The molecule has 0 spiro atoms. The summed E-state index contributed by atoms with van der Waals surface area (Å²) in [6.45, 7) is 6.73. The molecular weight excluding hydrogens is 137 g/mol. The van der Waals surface area contributed by atoms with Crippen molar-refractivity contribution in [2.75, 3.05) is 0 Å². The standard InChI is InChI=1S/C6H14.Zn/c1-4-5-6(2)3;/h6H,4-5H2,1-3H3;. The topological polar surface area (TPSA) is 0 Å². The summed E-state index contributed by atoms with van der Waals surface area (Å²) >= 11 is 0. The molecule has 0 aliphatic carbocycles. The van der Waals surface area contributed by atoms with Crippen molar-refractivity contribution < 1.29 is 19.5 Å². The molecule has 0 nitrogen and oxygen atoms in total. The Hall–Kier alpha value is 0.623. The van der Waals surface area contributed by atoms with E-state index in [9.17, 15) is 0 Å². The minimum absolute atomic E-state index is 0. The van der Waals surface area contributed by atoms with Crippen LogP contribution >= 0.6 is 0 Å². The van der Waals surface area contributed by atoms with Crippen LogP contribution < -0.4 is 0 Å². The van der Waals surface area contributed by atoms with Crippen molar-refractivity contribution >= 4 is 0 Å². The Morgan fingerprint density at radius 1 is 1.29 bits per heavy atom. The average Bonchev–Trinajstić information content (AvgIpc) is 1.35. The van der Waals surface area contributed by atoms with Crippen molar-refractivity contribution in [3.63, 3.8) is 0 Å². The van der Waals surface area contributed by atoms with E-state index in [0.29, 0.717) is 0 Å². The van der Waals surface area contributed by atoms with Crippen LogP contribution in [0.25, 0.3) is 0 Å². The summed E-state index contributed by atoms with van der Waals surface area (Å²) in [7, 11) is 0. The molecule has 0 aliphatic heterocycles. The molecule has 0 bridgehead atoms. The van der Waals surface area contributed by atoms with Crippen molar-refractivity contribution in [1.29, 1.82) is 0 Å². The fourth-order valence-corrected chi connectivity index (χ4v) is 0.577. The van der Waals surface area contributed by atoms with Crippen molar-refractivity contribution in [1.82, 2.24) is 0 Å². The second-order valence-electron chi connectivity index (χ2n) is 2.18. The molecular formula is C6H14Zn. The van der Waals surface area contributed by atoms with E-state index < -0.39 is 0 Å². The van der Waals surface area contributed by atoms with Gasteiger partial charge < -0.3 is 0 Å². The Balaban J connectivity index is 0. The predicted molar refractivity (Wildman–Crippen MR) is 29.7 cm³/mol. The Morgan fingerprint density at radius 3 is 1.71 bits per heavy atom. The Labute approximate surface area is 59.4 Å². The first kappa shape index (κ1) is 10.6. The van der Waals surface area contributed by atoms with Gasteiger partial charge in [-0.1, -0.05) is 33.6 Å². The molecule has 0 saturated heterocycles. The summed E-state index contributed by atoms with van der Waals surface area (Å²) in [6, 6.07) is 0. The van der Waals surface area contributed by atoms with Gasteiger partial charge >= 0.3 is 0 Å². The van der Waals surface area contributed by atoms with E-state index >= 15 is 0 Å². The van der Waals surface area contributed by atoms with Gasteiger partial charge in [0.25, 0.3) is 0 Å². The minimum Gasteiger partial charge on any atom is -0.0654 e.